The summed E-state index contributed by atoms with van der Waals surface area (Å²) in [5.74, 6) is 2.97. The number of aromatic nitrogens is 4. The third-order valence-electron chi connectivity index (χ3n) is 6.10. The van der Waals surface area contributed by atoms with E-state index in [0.29, 0.717) is 18.5 Å². The summed E-state index contributed by atoms with van der Waals surface area (Å²) in [4.78, 5) is 11.5. The van der Waals surface area contributed by atoms with Crippen molar-refractivity contribution in [3.8, 4) is 0 Å². The maximum Gasteiger partial charge on any atom is 0.227 e. The van der Waals surface area contributed by atoms with Crippen LogP contribution in [0.5, 0.6) is 0 Å². The van der Waals surface area contributed by atoms with Gasteiger partial charge in [-0.3, -0.25) is 5.10 Å². The molecular weight excluding hydrogens is 357 g/mol. The molecule has 4 aliphatic rings. The Bertz CT molecular complexity index is 848. The fraction of sp³-hybridized carbons (Fsp3) is 0.650. The minimum absolute atomic E-state index is 0.226. The molecule has 8 heteroatoms. The van der Waals surface area contributed by atoms with Gasteiger partial charge in [0.15, 0.2) is 5.82 Å². The van der Waals surface area contributed by atoms with Crippen molar-refractivity contribution in [2.45, 2.75) is 57.2 Å². The molecule has 3 N–H and O–H groups in total. The second-order valence-corrected chi connectivity index (χ2v) is 9.36. The van der Waals surface area contributed by atoms with Crippen LogP contribution in [0.1, 0.15) is 51.1 Å². The first-order valence-corrected chi connectivity index (χ1v) is 10.2. The lowest BCUT2D eigenvalue weighted by Crippen LogP contribution is -2.44. The molecule has 2 saturated heterocycles. The summed E-state index contributed by atoms with van der Waals surface area (Å²) in [6, 6.07) is 4.43. The molecule has 0 atom stereocenters. The van der Waals surface area contributed by atoms with Gasteiger partial charge in [0, 0.05) is 55.0 Å². The average molecular weight is 385 g/mol. The molecule has 2 bridgehead atoms. The molecule has 0 radical (unpaired) electrons. The molecule has 0 unspecified atom stereocenters. The van der Waals surface area contributed by atoms with Gasteiger partial charge in [0.1, 0.15) is 11.5 Å². The van der Waals surface area contributed by atoms with Gasteiger partial charge < -0.3 is 15.5 Å². The second-order valence-electron chi connectivity index (χ2n) is 9.36. The van der Waals surface area contributed by atoms with E-state index in [2.05, 4.69) is 36.8 Å². The standard InChI is InChI=1S/C20H28FN7/c1-19(2,21)10-22-11-20-8-14(9-20)28(12-20)18-23-6-5-16(25-18)24-17-7-15(26-27-17)13-3-4-13/h5-7,13-14,22H,3-4,8-12H2,1-2H3,(H2,23,24,25,26,27). The average Bonchev–Trinajstić information content (AvgIpc) is 3.09. The zero-order chi connectivity index (χ0) is 19.4. The first-order valence-electron chi connectivity index (χ1n) is 10.2. The molecule has 2 aromatic heterocycles. The third-order valence-corrected chi connectivity index (χ3v) is 6.10. The second kappa shape index (κ2) is 6.40. The summed E-state index contributed by atoms with van der Waals surface area (Å²) >= 11 is 0. The van der Waals surface area contributed by atoms with Gasteiger partial charge in [-0.2, -0.15) is 10.1 Å². The number of nitrogens with one attached hydrogen (secondary N) is 3. The smallest absolute Gasteiger partial charge is 0.227 e. The van der Waals surface area contributed by atoms with Gasteiger partial charge in [-0.25, -0.2) is 9.37 Å². The van der Waals surface area contributed by atoms with Gasteiger partial charge in [0.2, 0.25) is 5.95 Å². The zero-order valence-electron chi connectivity index (χ0n) is 16.5. The van der Waals surface area contributed by atoms with Crippen LogP contribution >= 0.6 is 0 Å². The maximum absolute atomic E-state index is 13.7. The number of hydrogen-bond acceptors (Lipinski definition) is 6. The van der Waals surface area contributed by atoms with Gasteiger partial charge >= 0.3 is 0 Å². The number of hydrogen-bond donors (Lipinski definition) is 3. The number of fused-ring (bicyclic) bond motifs is 1. The third kappa shape index (κ3) is 3.57. The van der Waals surface area contributed by atoms with Gasteiger partial charge in [-0.05, 0) is 45.6 Å². The van der Waals surface area contributed by atoms with Crippen LogP contribution in [0.25, 0.3) is 0 Å². The van der Waals surface area contributed by atoms with Crippen LogP contribution in [0.4, 0.5) is 22.0 Å². The largest absolute Gasteiger partial charge is 0.337 e. The molecule has 2 aliphatic carbocycles. The number of H-pyrrole nitrogens is 1. The normalized spacial score (nSPS) is 26.4. The Kier molecular flexibility index (Phi) is 4.08. The van der Waals surface area contributed by atoms with Crippen LogP contribution in [0, 0.1) is 5.41 Å². The molecule has 0 amide bonds. The first kappa shape index (κ1) is 17.8. The fourth-order valence-corrected chi connectivity index (χ4v) is 4.53. The predicted molar refractivity (Wildman–Crippen MR) is 107 cm³/mol. The quantitative estimate of drug-likeness (QED) is 0.648. The highest BCUT2D eigenvalue weighted by atomic mass is 19.1. The molecule has 2 saturated carbocycles. The van der Waals surface area contributed by atoms with Crippen LogP contribution in [-0.4, -0.2) is 51.5 Å². The summed E-state index contributed by atoms with van der Waals surface area (Å²) in [5, 5.41) is 14.0. The lowest BCUT2D eigenvalue weighted by atomic mass is 9.70. The molecular formula is C20H28FN7. The van der Waals surface area contributed by atoms with Crippen LogP contribution in [0.2, 0.25) is 0 Å². The van der Waals surface area contributed by atoms with Crippen molar-refractivity contribution in [1.29, 1.82) is 0 Å². The number of alkyl halides is 1. The molecule has 28 heavy (non-hydrogen) atoms. The lowest BCUT2D eigenvalue weighted by Gasteiger charge is -2.37. The summed E-state index contributed by atoms with van der Waals surface area (Å²) in [7, 11) is 0. The SMILES string of the molecule is CC(C)(F)CNCC12CC(C1)N(c1nccc(Nc3cc(C4CC4)[nH]n3)n1)C2. The summed E-state index contributed by atoms with van der Waals surface area (Å²) in [6.07, 6.45) is 6.53. The molecule has 6 rings (SSSR count). The molecule has 4 heterocycles. The van der Waals surface area contributed by atoms with Crippen LogP contribution in [0.15, 0.2) is 18.3 Å². The molecule has 0 spiro atoms. The lowest BCUT2D eigenvalue weighted by molar-refractivity contribution is 0.162. The number of nitrogens with zero attached hydrogens (tertiary/aromatic N) is 4. The highest BCUT2D eigenvalue weighted by Gasteiger charge is 2.55. The summed E-state index contributed by atoms with van der Waals surface area (Å²) < 4.78 is 13.7. The van der Waals surface area contributed by atoms with Gasteiger partial charge in [0.25, 0.3) is 0 Å². The van der Waals surface area contributed by atoms with E-state index in [0.717, 1.165) is 43.5 Å². The number of rotatable bonds is 8. The van der Waals surface area contributed by atoms with E-state index in [1.807, 2.05) is 6.07 Å². The first-order chi connectivity index (χ1) is 13.4. The number of aromatic amines is 1. The Labute approximate surface area is 164 Å². The highest BCUT2D eigenvalue weighted by Crippen LogP contribution is 2.52. The maximum atomic E-state index is 13.7. The molecule has 2 aromatic rings. The van der Waals surface area contributed by atoms with Crippen LogP contribution in [0.3, 0.4) is 0 Å². The summed E-state index contributed by atoms with van der Waals surface area (Å²) in [5.41, 5.74) is 0.250. The Morgan fingerprint density at radius 2 is 2.14 bits per heavy atom. The van der Waals surface area contributed by atoms with Crippen molar-refractivity contribution < 1.29 is 4.39 Å². The Hall–Kier alpha value is -2.22. The van der Waals surface area contributed by atoms with Crippen molar-refractivity contribution in [3.63, 3.8) is 0 Å². The van der Waals surface area contributed by atoms with Crippen molar-refractivity contribution in [3.05, 3.63) is 24.0 Å². The topological polar surface area (TPSA) is 81.8 Å². The van der Waals surface area contributed by atoms with E-state index in [-0.39, 0.29) is 5.41 Å². The predicted octanol–water partition coefficient (Wildman–Crippen LogP) is 3.13. The van der Waals surface area contributed by atoms with E-state index < -0.39 is 5.67 Å². The van der Waals surface area contributed by atoms with Gasteiger partial charge in [-0.1, -0.05) is 0 Å². The van der Waals surface area contributed by atoms with Crippen LogP contribution < -0.4 is 15.5 Å². The van der Waals surface area contributed by atoms with Crippen molar-refractivity contribution in [1.82, 2.24) is 25.5 Å². The Morgan fingerprint density at radius 3 is 2.89 bits per heavy atom. The van der Waals surface area contributed by atoms with E-state index in [4.69, 9.17) is 4.98 Å². The van der Waals surface area contributed by atoms with E-state index in [9.17, 15) is 4.39 Å². The zero-order valence-corrected chi connectivity index (χ0v) is 16.5. The summed E-state index contributed by atoms with van der Waals surface area (Å²) in [6.45, 7) is 5.39. The number of halogens is 1. The van der Waals surface area contributed by atoms with Crippen molar-refractivity contribution in [2.24, 2.45) is 5.41 Å². The minimum atomic E-state index is -1.17. The number of anilines is 3. The van der Waals surface area contributed by atoms with Crippen molar-refractivity contribution in [2.75, 3.05) is 29.9 Å². The highest BCUT2D eigenvalue weighted by molar-refractivity contribution is 5.54. The Morgan fingerprint density at radius 1 is 1.32 bits per heavy atom. The van der Waals surface area contributed by atoms with Gasteiger partial charge in [-0.15, -0.1) is 0 Å². The Balaban J connectivity index is 1.22. The van der Waals surface area contributed by atoms with E-state index >= 15 is 0 Å². The molecule has 0 aromatic carbocycles. The monoisotopic (exact) mass is 385 g/mol. The molecule has 150 valence electrons. The molecule has 7 nitrogen and oxygen atoms in total. The molecule has 4 fully saturated rings. The minimum Gasteiger partial charge on any atom is -0.337 e. The van der Waals surface area contributed by atoms with Gasteiger partial charge in [0.05, 0.1) is 0 Å². The fourth-order valence-electron chi connectivity index (χ4n) is 4.53. The molecule has 2 aliphatic heterocycles. The van der Waals surface area contributed by atoms with Crippen LogP contribution in [-0.2, 0) is 0 Å². The van der Waals surface area contributed by atoms with E-state index in [1.165, 1.54) is 18.5 Å². The van der Waals surface area contributed by atoms with Crippen molar-refractivity contribution >= 4 is 17.6 Å². The van der Waals surface area contributed by atoms with E-state index in [1.54, 1.807) is 20.0 Å².